The normalized spacial score (nSPS) is 11.0. The molecule has 0 aliphatic rings. The first-order chi connectivity index (χ1) is 16.1. The van der Waals surface area contributed by atoms with E-state index in [2.05, 4.69) is 16.0 Å². The van der Waals surface area contributed by atoms with Crippen molar-refractivity contribution in [3.63, 3.8) is 0 Å². The van der Waals surface area contributed by atoms with Crippen LogP contribution < -0.4 is 10.1 Å². The van der Waals surface area contributed by atoms with Gasteiger partial charge in [0.1, 0.15) is 17.4 Å². The summed E-state index contributed by atoms with van der Waals surface area (Å²) in [5, 5.41) is 12.6. The fourth-order valence-electron chi connectivity index (χ4n) is 3.78. The molecule has 0 spiro atoms. The second-order valence-electron chi connectivity index (χ2n) is 7.48. The smallest absolute Gasteiger partial charge is 0.266 e. The van der Waals surface area contributed by atoms with E-state index in [9.17, 15) is 10.1 Å². The summed E-state index contributed by atoms with van der Waals surface area (Å²) in [6.07, 6.45) is 1.64. The molecule has 0 aliphatic carbocycles. The Morgan fingerprint density at radius 3 is 2.33 bits per heavy atom. The summed E-state index contributed by atoms with van der Waals surface area (Å²) >= 11 is 0. The van der Waals surface area contributed by atoms with Gasteiger partial charge in [-0.25, -0.2) is 0 Å². The first-order valence-corrected chi connectivity index (χ1v) is 10.5. The van der Waals surface area contributed by atoms with Crippen LogP contribution in [0.2, 0.25) is 0 Å². The molecular formula is C28H23N3O2. The van der Waals surface area contributed by atoms with Gasteiger partial charge in [-0.05, 0) is 48.9 Å². The van der Waals surface area contributed by atoms with E-state index < -0.39 is 5.91 Å². The lowest BCUT2D eigenvalue weighted by Crippen LogP contribution is -2.13. The Kier molecular flexibility index (Phi) is 6.38. The van der Waals surface area contributed by atoms with Gasteiger partial charge in [0, 0.05) is 28.7 Å². The van der Waals surface area contributed by atoms with Gasteiger partial charge >= 0.3 is 0 Å². The van der Waals surface area contributed by atoms with Crippen molar-refractivity contribution < 1.29 is 9.53 Å². The lowest BCUT2D eigenvalue weighted by atomic mass is 10.0. The summed E-state index contributed by atoms with van der Waals surface area (Å²) in [5.74, 6) is 0.145. The SMILES string of the molecule is COc1cccc(NC(=O)/C(C#N)=C\c2cc(C)n(-c3ccccc3)c2-c2ccccc2)c1. The maximum Gasteiger partial charge on any atom is 0.266 e. The van der Waals surface area contributed by atoms with Crippen LogP contribution in [-0.4, -0.2) is 17.6 Å². The molecule has 162 valence electrons. The summed E-state index contributed by atoms with van der Waals surface area (Å²) in [5.41, 5.74) is 5.28. The fraction of sp³-hybridized carbons (Fsp3) is 0.0714. The number of nitrogens with one attached hydrogen (secondary N) is 1. The Morgan fingerprint density at radius 1 is 0.970 bits per heavy atom. The van der Waals surface area contributed by atoms with Crippen LogP contribution in [0.4, 0.5) is 5.69 Å². The minimum Gasteiger partial charge on any atom is -0.497 e. The molecule has 1 amide bonds. The highest BCUT2D eigenvalue weighted by molar-refractivity contribution is 6.10. The molecule has 5 nitrogen and oxygen atoms in total. The number of benzene rings is 3. The molecular weight excluding hydrogens is 410 g/mol. The number of carbonyl (C=O) groups is 1. The second kappa shape index (κ2) is 9.71. The van der Waals surface area contributed by atoms with Crippen LogP contribution in [-0.2, 0) is 4.79 Å². The number of aryl methyl sites for hydroxylation is 1. The maximum absolute atomic E-state index is 12.9. The Hall–Kier alpha value is -4.56. The van der Waals surface area contributed by atoms with Gasteiger partial charge < -0.3 is 14.6 Å². The summed E-state index contributed by atoms with van der Waals surface area (Å²) in [4.78, 5) is 12.9. The van der Waals surface area contributed by atoms with Gasteiger partial charge in [-0.15, -0.1) is 0 Å². The van der Waals surface area contributed by atoms with Crippen LogP contribution in [0, 0.1) is 18.3 Å². The molecule has 0 atom stereocenters. The highest BCUT2D eigenvalue weighted by Gasteiger charge is 2.17. The van der Waals surface area contributed by atoms with Crippen molar-refractivity contribution in [3.05, 3.63) is 108 Å². The summed E-state index contributed by atoms with van der Waals surface area (Å²) < 4.78 is 7.34. The molecule has 0 saturated heterocycles. The van der Waals surface area contributed by atoms with Crippen molar-refractivity contribution in [3.8, 4) is 28.8 Å². The third-order valence-electron chi connectivity index (χ3n) is 5.27. The number of aromatic nitrogens is 1. The third kappa shape index (κ3) is 4.70. The number of hydrogen-bond donors (Lipinski definition) is 1. The van der Waals surface area contributed by atoms with Crippen LogP contribution in [0.1, 0.15) is 11.3 Å². The topological polar surface area (TPSA) is 67.0 Å². The lowest BCUT2D eigenvalue weighted by Gasteiger charge is -2.13. The van der Waals surface area contributed by atoms with E-state index in [0.29, 0.717) is 11.4 Å². The molecule has 1 heterocycles. The predicted molar refractivity (Wildman–Crippen MR) is 131 cm³/mol. The van der Waals surface area contributed by atoms with Crippen molar-refractivity contribution in [1.82, 2.24) is 4.57 Å². The van der Waals surface area contributed by atoms with Gasteiger partial charge in [-0.3, -0.25) is 4.79 Å². The Balaban J connectivity index is 1.79. The van der Waals surface area contributed by atoms with E-state index in [1.165, 1.54) is 0 Å². The number of amides is 1. The van der Waals surface area contributed by atoms with Crippen molar-refractivity contribution in [2.45, 2.75) is 6.92 Å². The van der Waals surface area contributed by atoms with E-state index in [1.807, 2.05) is 73.7 Å². The molecule has 3 aromatic carbocycles. The summed E-state index contributed by atoms with van der Waals surface area (Å²) in [6.45, 7) is 2.01. The molecule has 1 aromatic heterocycles. The summed E-state index contributed by atoms with van der Waals surface area (Å²) in [7, 11) is 1.56. The largest absolute Gasteiger partial charge is 0.497 e. The number of ether oxygens (including phenoxy) is 1. The lowest BCUT2D eigenvalue weighted by molar-refractivity contribution is -0.112. The van der Waals surface area contributed by atoms with E-state index in [-0.39, 0.29) is 5.57 Å². The number of carbonyl (C=O) groups excluding carboxylic acids is 1. The molecule has 0 fully saturated rings. The van der Waals surface area contributed by atoms with Crippen molar-refractivity contribution in [2.75, 3.05) is 12.4 Å². The van der Waals surface area contributed by atoms with Crippen LogP contribution in [0.3, 0.4) is 0 Å². The molecule has 4 aromatic rings. The van der Waals surface area contributed by atoms with Gasteiger partial charge in [0.25, 0.3) is 5.91 Å². The number of methoxy groups -OCH3 is 1. The van der Waals surface area contributed by atoms with Gasteiger partial charge in [-0.2, -0.15) is 5.26 Å². The Morgan fingerprint density at radius 2 is 1.67 bits per heavy atom. The van der Waals surface area contributed by atoms with Crippen molar-refractivity contribution in [2.24, 2.45) is 0 Å². The van der Waals surface area contributed by atoms with Crippen molar-refractivity contribution >= 4 is 17.7 Å². The van der Waals surface area contributed by atoms with Crippen LogP contribution in [0.25, 0.3) is 23.0 Å². The molecule has 1 N–H and O–H groups in total. The minimum atomic E-state index is -0.477. The highest BCUT2D eigenvalue weighted by Crippen LogP contribution is 2.32. The quantitative estimate of drug-likeness (QED) is 0.299. The van der Waals surface area contributed by atoms with Crippen molar-refractivity contribution in [1.29, 1.82) is 5.26 Å². The molecule has 0 aliphatic heterocycles. The number of para-hydroxylation sites is 1. The monoisotopic (exact) mass is 433 g/mol. The highest BCUT2D eigenvalue weighted by atomic mass is 16.5. The molecule has 5 heteroatoms. The number of rotatable bonds is 6. The number of nitrogens with zero attached hydrogens (tertiary/aromatic N) is 2. The van der Waals surface area contributed by atoms with Crippen LogP contribution in [0.15, 0.2) is 96.6 Å². The van der Waals surface area contributed by atoms with Crippen LogP contribution >= 0.6 is 0 Å². The Labute approximate surface area is 193 Å². The van der Waals surface area contributed by atoms with Gasteiger partial charge in [0.15, 0.2) is 0 Å². The molecule has 0 radical (unpaired) electrons. The zero-order valence-electron chi connectivity index (χ0n) is 18.4. The average Bonchev–Trinajstić information content (AvgIpc) is 3.19. The third-order valence-corrected chi connectivity index (χ3v) is 5.27. The molecule has 0 unspecified atom stereocenters. The predicted octanol–water partition coefficient (Wildman–Crippen LogP) is 6.01. The number of anilines is 1. The zero-order chi connectivity index (χ0) is 23.2. The fourth-order valence-corrected chi connectivity index (χ4v) is 3.78. The van der Waals surface area contributed by atoms with Gasteiger partial charge in [-0.1, -0.05) is 54.6 Å². The van der Waals surface area contributed by atoms with E-state index in [1.54, 1.807) is 37.5 Å². The second-order valence-corrected chi connectivity index (χ2v) is 7.48. The maximum atomic E-state index is 12.9. The Bertz CT molecular complexity index is 1350. The molecule has 33 heavy (non-hydrogen) atoms. The zero-order valence-corrected chi connectivity index (χ0v) is 18.4. The molecule has 0 saturated carbocycles. The number of hydrogen-bond acceptors (Lipinski definition) is 3. The van der Waals surface area contributed by atoms with Crippen LogP contribution in [0.5, 0.6) is 5.75 Å². The summed E-state index contributed by atoms with van der Waals surface area (Å²) in [6, 6.07) is 31.0. The average molecular weight is 434 g/mol. The molecule has 4 rings (SSSR count). The van der Waals surface area contributed by atoms with Gasteiger partial charge in [0.05, 0.1) is 12.8 Å². The van der Waals surface area contributed by atoms with E-state index in [0.717, 1.165) is 28.2 Å². The van der Waals surface area contributed by atoms with E-state index >= 15 is 0 Å². The van der Waals surface area contributed by atoms with E-state index in [4.69, 9.17) is 4.74 Å². The number of nitriles is 1. The first-order valence-electron chi connectivity index (χ1n) is 10.5. The van der Waals surface area contributed by atoms with Gasteiger partial charge in [0.2, 0.25) is 0 Å². The minimum absolute atomic E-state index is 0.0141. The standard InChI is InChI=1S/C28H23N3O2/c1-20-16-22(17-23(19-29)28(32)30-24-12-9-15-26(18-24)33-2)27(21-10-5-3-6-11-21)31(20)25-13-7-4-8-14-25/h3-18H,1-2H3,(H,30,32)/b23-17-. The molecule has 0 bridgehead atoms. The first kappa shape index (κ1) is 21.7.